The second-order valence-electron chi connectivity index (χ2n) is 9.48. The molecule has 1 fully saturated rings. The number of H-pyrrole nitrogens is 1. The summed E-state index contributed by atoms with van der Waals surface area (Å²) in [5.41, 5.74) is 2.23. The van der Waals surface area contributed by atoms with Gasteiger partial charge in [-0.05, 0) is 61.4 Å². The lowest BCUT2D eigenvalue weighted by atomic mass is 9.84. The lowest BCUT2D eigenvalue weighted by molar-refractivity contribution is -0.135. The SMILES string of the molecule is CCc1cc(Nc2cc(=O)n(CCCC(=O)N3CCC(O)(c4ccccc4)CC3)c(=O)[nH]2)ccc1C. The van der Waals surface area contributed by atoms with Crippen molar-refractivity contribution in [2.45, 2.75) is 58.1 Å². The number of anilines is 2. The molecule has 1 aromatic heterocycles. The highest BCUT2D eigenvalue weighted by Gasteiger charge is 2.35. The molecule has 1 aliphatic rings. The highest BCUT2D eigenvalue weighted by molar-refractivity contribution is 5.76. The van der Waals surface area contributed by atoms with Crippen molar-refractivity contribution in [3.05, 3.63) is 92.1 Å². The summed E-state index contributed by atoms with van der Waals surface area (Å²) in [6, 6.07) is 16.8. The third kappa shape index (κ3) is 5.76. The van der Waals surface area contributed by atoms with Crippen LogP contribution >= 0.6 is 0 Å². The molecular weight excluding hydrogens is 456 g/mol. The molecular formula is C28H34N4O4. The van der Waals surface area contributed by atoms with Crippen LogP contribution in [0.25, 0.3) is 0 Å². The molecule has 8 heteroatoms. The first kappa shape index (κ1) is 25.4. The Morgan fingerprint density at radius 3 is 2.47 bits per heavy atom. The molecule has 1 amide bonds. The van der Waals surface area contributed by atoms with Crippen LogP contribution in [-0.2, 0) is 23.4 Å². The summed E-state index contributed by atoms with van der Waals surface area (Å²) in [5, 5.41) is 14.1. The van der Waals surface area contributed by atoms with Crippen LogP contribution < -0.4 is 16.6 Å². The van der Waals surface area contributed by atoms with Crippen LogP contribution in [0.3, 0.4) is 0 Å². The van der Waals surface area contributed by atoms with Crippen LogP contribution in [-0.4, -0.2) is 38.6 Å². The van der Waals surface area contributed by atoms with Gasteiger partial charge in [0, 0.05) is 37.8 Å². The van der Waals surface area contributed by atoms with Gasteiger partial charge in [-0.3, -0.25) is 19.1 Å². The number of nitrogens with one attached hydrogen (secondary N) is 2. The van der Waals surface area contributed by atoms with Crippen LogP contribution in [0, 0.1) is 6.92 Å². The maximum Gasteiger partial charge on any atom is 0.329 e. The number of carbonyl (C=O) groups excluding carboxylic acids is 1. The normalized spacial score (nSPS) is 15.0. The second-order valence-corrected chi connectivity index (χ2v) is 9.48. The van der Waals surface area contributed by atoms with Crippen LogP contribution in [0.2, 0.25) is 0 Å². The zero-order chi connectivity index (χ0) is 25.7. The predicted octanol–water partition coefficient (Wildman–Crippen LogP) is 3.44. The van der Waals surface area contributed by atoms with Gasteiger partial charge in [0.25, 0.3) is 5.56 Å². The number of aliphatic hydroxyl groups is 1. The number of amides is 1. The van der Waals surface area contributed by atoms with E-state index in [0.29, 0.717) is 38.2 Å². The van der Waals surface area contributed by atoms with Crippen molar-refractivity contribution in [1.29, 1.82) is 0 Å². The van der Waals surface area contributed by atoms with Crippen LogP contribution in [0.15, 0.2) is 64.2 Å². The highest BCUT2D eigenvalue weighted by atomic mass is 16.3. The van der Waals surface area contributed by atoms with Crippen LogP contribution in [0.1, 0.15) is 49.3 Å². The lowest BCUT2D eigenvalue weighted by Gasteiger charge is -2.38. The minimum absolute atomic E-state index is 0.0287. The number of hydrogen-bond acceptors (Lipinski definition) is 5. The molecule has 0 aliphatic carbocycles. The standard InChI is InChI=1S/C28H34N4O4/c1-3-21-18-23(12-11-20(21)2)29-24-19-26(34)32(27(35)30-24)15-7-10-25(33)31-16-13-28(36,14-17-31)22-8-5-4-6-9-22/h4-6,8-9,11-12,18-19,29,36H,3,7,10,13-17H2,1-2H3,(H,30,35). The molecule has 0 atom stereocenters. The first-order chi connectivity index (χ1) is 17.3. The molecule has 1 aliphatic heterocycles. The molecule has 0 spiro atoms. The Kier molecular flexibility index (Phi) is 7.74. The number of aromatic nitrogens is 2. The van der Waals surface area contributed by atoms with E-state index in [1.54, 1.807) is 4.90 Å². The molecule has 2 heterocycles. The smallest absolute Gasteiger partial charge is 0.329 e. The van der Waals surface area contributed by atoms with E-state index in [9.17, 15) is 19.5 Å². The number of nitrogens with zero attached hydrogens (tertiary/aromatic N) is 2. The predicted molar refractivity (Wildman–Crippen MR) is 141 cm³/mol. The monoisotopic (exact) mass is 490 g/mol. The van der Waals surface area contributed by atoms with E-state index in [1.807, 2.05) is 55.5 Å². The summed E-state index contributed by atoms with van der Waals surface area (Å²) in [5.74, 6) is 0.307. The van der Waals surface area contributed by atoms with Gasteiger partial charge in [-0.2, -0.15) is 0 Å². The molecule has 2 aromatic carbocycles. The summed E-state index contributed by atoms with van der Waals surface area (Å²) in [6.45, 7) is 5.24. The van der Waals surface area contributed by atoms with Gasteiger partial charge in [0.15, 0.2) is 0 Å². The molecule has 8 nitrogen and oxygen atoms in total. The van der Waals surface area contributed by atoms with E-state index in [0.717, 1.165) is 22.2 Å². The maximum atomic E-state index is 12.7. The van der Waals surface area contributed by atoms with Crippen LogP contribution in [0.4, 0.5) is 11.5 Å². The Labute approximate surface area is 210 Å². The lowest BCUT2D eigenvalue weighted by Crippen LogP contribution is -2.45. The molecule has 3 N–H and O–H groups in total. The quantitative estimate of drug-likeness (QED) is 0.448. The molecule has 4 rings (SSSR count). The zero-order valence-electron chi connectivity index (χ0n) is 20.9. The van der Waals surface area contributed by atoms with Crippen molar-refractivity contribution < 1.29 is 9.90 Å². The second kappa shape index (κ2) is 11.0. The average molecular weight is 491 g/mol. The van der Waals surface area contributed by atoms with Crippen molar-refractivity contribution in [3.63, 3.8) is 0 Å². The fourth-order valence-electron chi connectivity index (χ4n) is 4.79. The number of piperidine rings is 1. The Hall–Kier alpha value is -3.65. The average Bonchev–Trinajstić information content (AvgIpc) is 2.87. The first-order valence-electron chi connectivity index (χ1n) is 12.6. The fraction of sp³-hybridized carbons (Fsp3) is 0.393. The van der Waals surface area contributed by atoms with E-state index < -0.39 is 16.9 Å². The molecule has 0 saturated carbocycles. The van der Waals surface area contributed by atoms with Crippen molar-refractivity contribution in [2.75, 3.05) is 18.4 Å². The number of aromatic amines is 1. The topological polar surface area (TPSA) is 107 Å². The van der Waals surface area contributed by atoms with E-state index in [4.69, 9.17) is 0 Å². The third-order valence-corrected chi connectivity index (χ3v) is 7.06. The number of likely N-dealkylation sites (tertiary alicyclic amines) is 1. The fourth-order valence-corrected chi connectivity index (χ4v) is 4.79. The summed E-state index contributed by atoms with van der Waals surface area (Å²) in [6.07, 6.45) is 2.47. The minimum atomic E-state index is -0.912. The van der Waals surface area contributed by atoms with Crippen molar-refractivity contribution in [3.8, 4) is 0 Å². The Morgan fingerprint density at radius 2 is 1.81 bits per heavy atom. The van der Waals surface area contributed by atoms with Gasteiger partial charge >= 0.3 is 5.69 Å². The number of aryl methyl sites for hydroxylation is 2. The van der Waals surface area contributed by atoms with Gasteiger partial charge in [0.05, 0.1) is 5.60 Å². The van der Waals surface area contributed by atoms with E-state index in [1.165, 1.54) is 17.2 Å². The summed E-state index contributed by atoms with van der Waals surface area (Å²) in [7, 11) is 0. The largest absolute Gasteiger partial charge is 0.385 e. The first-order valence-corrected chi connectivity index (χ1v) is 12.6. The van der Waals surface area contributed by atoms with Gasteiger partial charge in [0.2, 0.25) is 5.91 Å². The highest BCUT2D eigenvalue weighted by Crippen LogP contribution is 2.32. The third-order valence-electron chi connectivity index (χ3n) is 7.06. The van der Waals surface area contributed by atoms with Crippen molar-refractivity contribution >= 4 is 17.4 Å². The summed E-state index contributed by atoms with van der Waals surface area (Å²) in [4.78, 5) is 42.3. The van der Waals surface area contributed by atoms with Gasteiger partial charge in [-0.1, -0.05) is 43.3 Å². The molecule has 0 radical (unpaired) electrons. The molecule has 0 bridgehead atoms. The molecule has 3 aromatic rings. The number of carbonyl (C=O) groups is 1. The van der Waals surface area contributed by atoms with Gasteiger partial charge in [0.1, 0.15) is 5.82 Å². The maximum absolute atomic E-state index is 12.7. The summed E-state index contributed by atoms with van der Waals surface area (Å²) < 4.78 is 1.12. The number of rotatable bonds is 8. The van der Waals surface area contributed by atoms with Crippen LogP contribution in [0.5, 0.6) is 0 Å². The zero-order valence-corrected chi connectivity index (χ0v) is 20.9. The van der Waals surface area contributed by atoms with E-state index in [-0.39, 0.29) is 18.9 Å². The van der Waals surface area contributed by atoms with Crippen molar-refractivity contribution in [2.24, 2.45) is 0 Å². The van der Waals surface area contributed by atoms with Gasteiger partial charge < -0.3 is 15.3 Å². The number of hydrogen-bond donors (Lipinski definition) is 3. The van der Waals surface area contributed by atoms with Crippen molar-refractivity contribution in [1.82, 2.24) is 14.5 Å². The molecule has 36 heavy (non-hydrogen) atoms. The minimum Gasteiger partial charge on any atom is -0.385 e. The molecule has 190 valence electrons. The summed E-state index contributed by atoms with van der Waals surface area (Å²) >= 11 is 0. The molecule has 0 unspecified atom stereocenters. The van der Waals surface area contributed by atoms with E-state index >= 15 is 0 Å². The Bertz CT molecular complexity index is 1290. The Morgan fingerprint density at radius 1 is 1.08 bits per heavy atom. The van der Waals surface area contributed by atoms with Gasteiger partial charge in [-0.25, -0.2) is 4.79 Å². The number of benzene rings is 2. The molecule has 1 saturated heterocycles. The van der Waals surface area contributed by atoms with E-state index in [2.05, 4.69) is 17.2 Å². The Balaban J connectivity index is 1.31. The van der Waals surface area contributed by atoms with Gasteiger partial charge in [-0.15, -0.1) is 0 Å².